The van der Waals surface area contributed by atoms with Crippen molar-refractivity contribution >= 4 is 33.4 Å². The molecular weight excluding hydrogens is 364 g/mol. The third kappa shape index (κ3) is 4.09. The Bertz CT molecular complexity index is 661. The van der Waals surface area contributed by atoms with Crippen LogP contribution in [-0.2, 0) is 0 Å². The lowest BCUT2D eigenvalue weighted by Gasteiger charge is -2.26. The normalized spacial score (nSPS) is 12.2. The van der Waals surface area contributed by atoms with Gasteiger partial charge in [0.15, 0.2) is 0 Å². The molecule has 0 saturated carbocycles. The molecule has 0 aliphatic heterocycles. The maximum Gasteiger partial charge on any atom is 0.252 e. The number of hydrogen-bond donors (Lipinski definition) is 1. The van der Waals surface area contributed by atoms with Crippen molar-refractivity contribution in [2.75, 3.05) is 20.6 Å². The molecule has 0 aromatic heterocycles. The van der Waals surface area contributed by atoms with E-state index in [1.165, 1.54) is 0 Å². The summed E-state index contributed by atoms with van der Waals surface area (Å²) in [5, 5.41) is 3.68. The number of carbonyl (C=O) groups is 1. The molecule has 1 amide bonds. The Morgan fingerprint density at radius 3 is 2.45 bits per heavy atom. The molecule has 3 nitrogen and oxygen atoms in total. The third-order valence-corrected chi connectivity index (χ3v) is 4.50. The second kappa shape index (κ2) is 7.77. The Labute approximate surface area is 144 Å². The summed E-state index contributed by atoms with van der Waals surface area (Å²) < 4.78 is 0.784. The Kier molecular flexibility index (Phi) is 6.00. The summed E-state index contributed by atoms with van der Waals surface area (Å²) in [4.78, 5) is 14.4. The molecule has 1 atom stereocenters. The van der Waals surface area contributed by atoms with Crippen molar-refractivity contribution in [1.29, 1.82) is 0 Å². The second-order valence-electron chi connectivity index (χ2n) is 5.19. The molecule has 0 heterocycles. The van der Waals surface area contributed by atoms with Crippen molar-refractivity contribution in [2.24, 2.45) is 0 Å². The van der Waals surface area contributed by atoms with E-state index in [4.69, 9.17) is 11.6 Å². The van der Waals surface area contributed by atoms with Crippen LogP contribution in [-0.4, -0.2) is 31.4 Å². The predicted octanol–water partition coefficient (Wildman–Crippen LogP) is 4.14. The highest BCUT2D eigenvalue weighted by Crippen LogP contribution is 2.25. The number of halogens is 2. The van der Waals surface area contributed by atoms with Gasteiger partial charge in [0.25, 0.3) is 5.91 Å². The first-order valence-electron chi connectivity index (χ1n) is 6.94. The van der Waals surface area contributed by atoms with Crippen LogP contribution in [0, 0.1) is 0 Å². The van der Waals surface area contributed by atoms with E-state index < -0.39 is 0 Å². The number of nitrogens with one attached hydrogen (secondary N) is 1. The van der Waals surface area contributed by atoms with Crippen molar-refractivity contribution in [2.45, 2.75) is 6.04 Å². The highest BCUT2D eigenvalue weighted by molar-refractivity contribution is 9.10. The maximum atomic E-state index is 12.3. The molecule has 0 fully saturated rings. The minimum absolute atomic E-state index is 0.0140. The standard InChI is InChI=1S/C17H18BrClN2O/c1-21(2)16(13-8-4-6-10-15(13)19)11-20-17(22)12-7-3-5-9-14(12)18/h3-10,16H,11H2,1-2H3,(H,20,22). The Balaban J connectivity index is 2.12. The number of benzene rings is 2. The minimum Gasteiger partial charge on any atom is -0.350 e. The summed E-state index contributed by atoms with van der Waals surface area (Å²) in [6.07, 6.45) is 0. The zero-order chi connectivity index (χ0) is 16.1. The summed E-state index contributed by atoms with van der Waals surface area (Å²) >= 11 is 9.67. The molecule has 1 unspecified atom stereocenters. The first-order chi connectivity index (χ1) is 10.5. The smallest absolute Gasteiger partial charge is 0.252 e. The van der Waals surface area contributed by atoms with E-state index >= 15 is 0 Å². The van der Waals surface area contributed by atoms with E-state index in [0.29, 0.717) is 17.1 Å². The van der Waals surface area contributed by atoms with E-state index in [1.807, 2.05) is 61.5 Å². The fourth-order valence-corrected chi connectivity index (χ4v) is 2.97. The summed E-state index contributed by atoms with van der Waals surface area (Å²) in [5.41, 5.74) is 1.63. The van der Waals surface area contributed by atoms with Gasteiger partial charge in [-0.25, -0.2) is 0 Å². The quantitative estimate of drug-likeness (QED) is 0.844. The SMILES string of the molecule is CN(C)C(CNC(=O)c1ccccc1Br)c1ccccc1Cl. The molecule has 2 aromatic rings. The number of hydrogen-bond acceptors (Lipinski definition) is 2. The molecular formula is C17H18BrClN2O. The Morgan fingerprint density at radius 2 is 1.82 bits per heavy atom. The topological polar surface area (TPSA) is 32.3 Å². The lowest BCUT2D eigenvalue weighted by molar-refractivity contribution is 0.0941. The first-order valence-corrected chi connectivity index (χ1v) is 8.11. The summed E-state index contributed by atoms with van der Waals surface area (Å²) in [6, 6.07) is 15.1. The fraction of sp³-hybridized carbons (Fsp3) is 0.235. The van der Waals surface area contributed by atoms with Gasteiger partial charge < -0.3 is 10.2 Å². The monoisotopic (exact) mass is 380 g/mol. The number of carbonyl (C=O) groups excluding carboxylic acids is 1. The first kappa shape index (κ1) is 17.0. The van der Waals surface area contributed by atoms with Crippen LogP contribution in [0.5, 0.6) is 0 Å². The molecule has 2 rings (SSSR count). The number of likely N-dealkylation sites (N-methyl/N-ethyl adjacent to an activating group) is 1. The maximum absolute atomic E-state index is 12.3. The predicted molar refractivity (Wildman–Crippen MR) is 94.4 cm³/mol. The van der Waals surface area contributed by atoms with Crippen molar-refractivity contribution in [3.63, 3.8) is 0 Å². The van der Waals surface area contributed by atoms with Gasteiger partial charge in [-0.15, -0.1) is 0 Å². The summed E-state index contributed by atoms with van der Waals surface area (Å²) in [6.45, 7) is 0.483. The van der Waals surface area contributed by atoms with Gasteiger partial charge in [-0.2, -0.15) is 0 Å². The summed E-state index contributed by atoms with van der Waals surface area (Å²) in [5.74, 6) is -0.105. The van der Waals surface area contributed by atoms with Crippen molar-refractivity contribution in [3.05, 3.63) is 69.2 Å². The molecule has 0 aliphatic rings. The van der Waals surface area contributed by atoms with Gasteiger partial charge in [0.05, 0.1) is 11.6 Å². The molecule has 1 N–H and O–H groups in total. The lowest BCUT2D eigenvalue weighted by atomic mass is 10.1. The lowest BCUT2D eigenvalue weighted by Crippen LogP contribution is -2.34. The van der Waals surface area contributed by atoms with Gasteiger partial charge in [0, 0.05) is 16.0 Å². The molecule has 0 radical (unpaired) electrons. The van der Waals surface area contributed by atoms with E-state index in [0.717, 1.165) is 10.0 Å². The van der Waals surface area contributed by atoms with Crippen molar-refractivity contribution in [3.8, 4) is 0 Å². The van der Waals surface area contributed by atoms with Gasteiger partial charge in [-0.1, -0.05) is 41.9 Å². The van der Waals surface area contributed by atoms with Gasteiger partial charge in [0.1, 0.15) is 0 Å². The minimum atomic E-state index is -0.105. The highest BCUT2D eigenvalue weighted by atomic mass is 79.9. The van der Waals surface area contributed by atoms with E-state index in [1.54, 1.807) is 6.07 Å². The zero-order valence-electron chi connectivity index (χ0n) is 12.5. The van der Waals surface area contributed by atoms with E-state index in [9.17, 15) is 4.79 Å². The van der Waals surface area contributed by atoms with Crippen LogP contribution in [0.4, 0.5) is 0 Å². The zero-order valence-corrected chi connectivity index (χ0v) is 14.9. The number of nitrogens with zero attached hydrogens (tertiary/aromatic N) is 1. The van der Waals surface area contributed by atoms with Crippen LogP contribution >= 0.6 is 27.5 Å². The van der Waals surface area contributed by atoms with Crippen LogP contribution in [0.15, 0.2) is 53.0 Å². The highest BCUT2D eigenvalue weighted by Gasteiger charge is 2.18. The molecule has 0 bridgehead atoms. The Hall–Kier alpha value is -1.36. The van der Waals surface area contributed by atoms with Crippen LogP contribution in [0.25, 0.3) is 0 Å². The van der Waals surface area contributed by atoms with Crippen LogP contribution in [0.3, 0.4) is 0 Å². The fourth-order valence-electron chi connectivity index (χ4n) is 2.25. The molecule has 0 aliphatic carbocycles. The molecule has 0 saturated heterocycles. The molecule has 5 heteroatoms. The largest absolute Gasteiger partial charge is 0.350 e. The molecule has 2 aromatic carbocycles. The second-order valence-corrected chi connectivity index (χ2v) is 6.45. The molecule has 22 heavy (non-hydrogen) atoms. The number of amides is 1. The van der Waals surface area contributed by atoms with E-state index in [-0.39, 0.29) is 11.9 Å². The average molecular weight is 382 g/mol. The van der Waals surface area contributed by atoms with Crippen molar-refractivity contribution < 1.29 is 4.79 Å². The average Bonchev–Trinajstić information content (AvgIpc) is 2.49. The van der Waals surface area contributed by atoms with E-state index in [2.05, 4.69) is 21.2 Å². The van der Waals surface area contributed by atoms with Crippen LogP contribution < -0.4 is 5.32 Å². The van der Waals surface area contributed by atoms with Crippen LogP contribution in [0.2, 0.25) is 5.02 Å². The molecule has 116 valence electrons. The third-order valence-electron chi connectivity index (χ3n) is 3.46. The van der Waals surface area contributed by atoms with Gasteiger partial charge in [-0.05, 0) is 53.8 Å². The summed E-state index contributed by atoms with van der Waals surface area (Å²) in [7, 11) is 3.94. The van der Waals surface area contributed by atoms with Crippen LogP contribution in [0.1, 0.15) is 22.0 Å². The van der Waals surface area contributed by atoms with Gasteiger partial charge in [0.2, 0.25) is 0 Å². The Morgan fingerprint density at radius 1 is 1.18 bits per heavy atom. The number of rotatable bonds is 5. The van der Waals surface area contributed by atoms with Gasteiger partial charge in [-0.3, -0.25) is 4.79 Å². The molecule has 0 spiro atoms. The van der Waals surface area contributed by atoms with Gasteiger partial charge >= 0.3 is 0 Å². The van der Waals surface area contributed by atoms with Crippen molar-refractivity contribution in [1.82, 2.24) is 10.2 Å².